The molecule has 0 saturated heterocycles. The molecule has 0 aromatic heterocycles. The predicted molar refractivity (Wildman–Crippen MR) is 62.1 cm³/mol. The van der Waals surface area contributed by atoms with E-state index in [-0.39, 0.29) is 0 Å². The van der Waals surface area contributed by atoms with E-state index in [1.807, 2.05) is 30.3 Å². The monoisotopic (exact) mass is 259 g/mol. The molecule has 1 aliphatic carbocycles. The average molecular weight is 259 g/mol. The van der Waals surface area contributed by atoms with E-state index in [0.29, 0.717) is 13.2 Å². The first-order valence-corrected chi connectivity index (χ1v) is 5.93. The van der Waals surface area contributed by atoms with Gasteiger partial charge in [0.05, 0.1) is 19.8 Å². The van der Waals surface area contributed by atoms with Crippen LogP contribution in [-0.2, 0) is 11.3 Å². The van der Waals surface area contributed by atoms with Gasteiger partial charge in [-0.15, -0.1) is 0 Å². The Morgan fingerprint density at radius 1 is 1.17 bits per heavy atom. The Balaban J connectivity index is 1.70. The van der Waals surface area contributed by atoms with E-state index >= 15 is 0 Å². The van der Waals surface area contributed by atoms with Crippen LogP contribution in [0.2, 0.25) is 0 Å². The number of hydrogen-bond donors (Lipinski definition) is 1. The maximum absolute atomic E-state index is 12.1. The molecular formula is C13H16F3NO. The number of benzene rings is 1. The van der Waals surface area contributed by atoms with Crippen LogP contribution < -0.4 is 5.32 Å². The molecule has 1 saturated carbocycles. The second-order valence-electron chi connectivity index (χ2n) is 4.73. The lowest BCUT2D eigenvalue weighted by atomic mass is 10.2. The van der Waals surface area contributed by atoms with Gasteiger partial charge in [0.1, 0.15) is 0 Å². The van der Waals surface area contributed by atoms with Crippen molar-refractivity contribution in [3.8, 4) is 0 Å². The summed E-state index contributed by atoms with van der Waals surface area (Å²) in [6.45, 7) is -0.171. The fourth-order valence-corrected chi connectivity index (χ4v) is 1.75. The Labute approximate surface area is 104 Å². The molecule has 0 spiro atoms. The van der Waals surface area contributed by atoms with E-state index in [0.717, 1.165) is 18.4 Å². The zero-order valence-electron chi connectivity index (χ0n) is 9.96. The van der Waals surface area contributed by atoms with Gasteiger partial charge in [0, 0.05) is 5.54 Å². The number of rotatable bonds is 6. The van der Waals surface area contributed by atoms with Crippen molar-refractivity contribution >= 4 is 0 Å². The summed E-state index contributed by atoms with van der Waals surface area (Å²) in [5.74, 6) is 0. The molecule has 1 aromatic carbocycles. The molecule has 5 heteroatoms. The first kappa shape index (κ1) is 13.4. The van der Waals surface area contributed by atoms with Gasteiger partial charge in [-0.3, -0.25) is 0 Å². The Bertz CT molecular complexity index is 374. The van der Waals surface area contributed by atoms with E-state index in [2.05, 4.69) is 5.32 Å². The molecule has 1 aromatic rings. The third kappa shape index (κ3) is 4.31. The third-order valence-electron chi connectivity index (χ3n) is 3.01. The van der Waals surface area contributed by atoms with Crippen LogP contribution >= 0.6 is 0 Å². The fraction of sp³-hybridized carbons (Fsp3) is 0.538. The largest absolute Gasteiger partial charge is 0.401 e. The van der Waals surface area contributed by atoms with Gasteiger partial charge in [0.2, 0.25) is 0 Å². The number of halogens is 3. The van der Waals surface area contributed by atoms with E-state index in [9.17, 15) is 13.2 Å². The van der Waals surface area contributed by atoms with Gasteiger partial charge in [-0.1, -0.05) is 30.3 Å². The van der Waals surface area contributed by atoms with Gasteiger partial charge in [-0.05, 0) is 18.4 Å². The summed E-state index contributed by atoms with van der Waals surface area (Å²) in [5, 5.41) is 2.55. The number of hydrogen-bond acceptors (Lipinski definition) is 2. The van der Waals surface area contributed by atoms with Crippen LogP contribution in [0.1, 0.15) is 18.4 Å². The third-order valence-corrected chi connectivity index (χ3v) is 3.01. The summed E-state index contributed by atoms with van der Waals surface area (Å²) in [6.07, 6.45) is -2.66. The molecule has 0 unspecified atom stereocenters. The number of ether oxygens (including phenoxy) is 1. The van der Waals surface area contributed by atoms with Crippen molar-refractivity contribution in [1.82, 2.24) is 5.32 Å². The Hall–Kier alpha value is -1.07. The standard InChI is InChI=1S/C13H16F3NO/c14-13(15,16)9-17-12(6-7-12)10-18-8-11-4-2-1-3-5-11/h1-5,17H,6-10H2. The summed E-state index contributed by atoms with van der Waals surface area (Å²) in [6, 6.07) is 9.60. The van der Waals surface area contributed by atoms with Crippen LogP contribution in [0.3, 0.4) is 0 Å². The summed E-state index contributed by atoms with van der Waals surface area (Å²) in [5.41, 5.74) is 0.578. The van der Waals surface area contributed by atoms with Gasteiger partial charge in [0.15, 0.2) is 0 Å². The normalized spacial score (nSPS) is 17.7. The van der Waals surface area contributed by atoms with E-state index in [4.69, 9.17) is 4.74 Å². The van der Waals surface area contributed by atoms with Crippen molar-refractivity contribution in [2.75, 3.05) is 13.2 Å². The van der Waals surface area contributed by atoms with Crippen molar-refractivity contribution in [3.05, 3.63) is 35.9 Å². The van der Waals surface area contributed by atoms with Crippen LogP contribution in [0.25, 0.3) is 0 Å². The zero-order chi connectivity index (χ0) is 13.1. The maximum atomic E-state index is 12.1. The lowest BCUT2D eigenvalue weighted by Gasteiger charge is -2.18. The molecule has 1 aliphatic rings. The summed E-state index contributed by atoms with van der Waals surface area (Å²) in [7, 11) is 0. The molecule has 0 atom stereocenters. The van der Waals surface area contributed by atoms with Crippen LogP contribution in [0.5, 0.6) is 0 Å². The molecule has 0 radical (unpaired) electrons. The van der Waals surface area contributed by atoms with Gasteiger partial charge in [0.25, 0.3) is 0 Å². The van der Waals surface area contributed by atoms with Crippen molar-refractivity contribution in [2.45, 2.75) is 31.2 Å². The first-order chi connectivity index (χ1) is 8.49. The van der Waals surface area contributed by atoms with Gasteiger partial charge in [-0.25, -0.2) is 0 Å². The minimum absolute atomic E-state index is 0.331. The number of nitrogens with one attached hydrogen (secondary N) is 1. The highest BCUT2D eigenvalue weighted by Crippen LogP contribution is 2.36. The van der Waals surface area contributed by atoms with Gasteiger partial charge < -0.3 is 10.1 Å². The molecule has 0 aliphatic heterocycles. The smallest absolute Gasteiger partial charge is 0.375 e. The molecule has 1 N–H and O–H groups in total. The van der Waals surface area contributed by atoms with Crippen molar-refractivity contribution < 1.29 is 17.9 Å². The second-order valence-corrected chi connectivity index (χ2v) is 4.73. The lowest BCUT2D eigenvalue weighted by Crippen LogP contribution is -2.41. The minimum Gasteiger partial charge on any atom is -0.375 e. The quantitative estimate of drug-likeness (QED) is 0.848. The van der Waals surface area contributed by atoms with Crippen molar-refractivity contribution in [3.63, 3.8) is 0 Å². The van der Waals surface area contributed by atoms with Crippen LogP contribution in [0.4, 0.5) is 13.2 Å². The summed E-state index contributed by atoms with van der Waals surface area (Å²) >= 11 is 0. The molecule has 0 bridgehead atoms. The Kier molecular flexibility index (Phi) is 3.92. The van der Waals surface area contributed by atoms with Gasteiger partial charge >= 0.3 is 6.18 Å². The Morgan fingerprint density at radius 3 is 2.39 bits per heavy atom. The molecule has 18 heavy (non-hydrogen) atoms. The lowest BCUT2D eigenvalue weighted by molar-refractivity contribution is -0.127. The zero-order valence-corrected chi connectivity index (χ0v) is 9.96. The fourth-order valence-electron chi connectivity index (χ4n) is 1.75. The first-order valence-electron chi connectivity index (χ1n) is 5.93. The molecule has 100 valence electrons. The highest BCUT2D eigenvalue weighted by Gasteiger charge is 2.45. The van der Waals surface area contributed by atoms with Gasteiger partial charge in [-0.2, -0.15) is 13.2 Å². The second kappa shape index (κ2) is 5.28. The SMILES string of the molecule is FC(F)(F)CNC1(COCc2ccccc2)CC1. The molecular weight excluding hydrogens is 243 g/mol. The van der Waals surface area contributed by atoms with E-state index < -0.39 is 18.3 Å². The summed E-state index contributed by atoms with van der Waals surface area (Å²) in [4.78, 5) is 0. The molecule has 2 rings (SSSR count). The maximum Gasteiger partial charge on any atom is 0.401 e. The topological polar surface area (TPSA) is 21.3 Å². The highest BCUT2D eigenvalue weighted by atomic mass is 19.4. The molecule has 0 amide bonds. The van der Waals surface area contributed by atoms with Crippen LogP contribution in [0.15, 0.2) is 30.3 Å². The number of alkyl halides is 3. The van der Waals surface area contributed by atoms with E-state index in [1.165, 1.54) is 0 Å². The van der Waals surface area contributed by atoms with E-state index in [1.54, 1.807) is 0 Å². The van der Waals surface area contributed by atoms with Crippen molar-refractivity contribution in [2.24, 2.45) is 0 Å². The minimum atomic E-state index is -4.16. The van der Waals surface area contributed by atoms with Crippen LogP contribution in [0, 0.1) is 0 Å². The highest BCUT2D eigenvalue weighted by molar-refractivity contribution is 5.13. The summed E-state index contributed by atoms with van der Waals surface area (Å²) < 4.78 is 41.8. The molecule has 0 heterocycles. The molecule has 2 nitrogen and oxygen atoms in total. The Morgan fingerprint density at radius 2 is 1.83 bits per heavy atom. The molecule has 1 fully saturated rings. The average Bonchev–Trinajstić information content (AvgIpc) is 3.08. The van der Waals surface area contributed by atoms with Crippen LogP contribution in [-0.4, -0.2) is 24.9 Å². The predicted octanol–water partition coefficient (Wildman–Crippen LogP) is 2.89. The van der Waals surface area contributed by atoms with Crippen molar-refractivity contribution in [1.29, 1.82) is 0 Å².